The van der Waals surface area contributed by atoms with E-state index in [9.17, 15) is 19.2 Å². The van der Waals surface area contributed by atoms with Crippen LogP contribution >= 0.6 is 0 Å². The molecule has 3 amide bonds. The van der Waals surface area contributed by atoms with Gasteiger partial charge in [-0.1, -0.05) is 12.1 Å². The van der Waals surface area contributed by atoms with Crippen molar-refractivity contribution in [1.29, 1.82) is 0 Å². The number of hydrogen-bond acceptors (Lipinski definition) is 8. The molecule has 2 aromatic rings. The van der Waals surface area contributed by atoms with Gasteiger partial charge in [-0.05, 0) is 63.1 Å². The van der Waals surface area contributed by atoms with E-state index >= 15 is 0 Å². The second-order valence-electron chi connectivity index (χ2n) is 10.1. The van der Waals surface area contributed by atoms with Crippen molar-refractivity contribution in [2.24, 2.45) is 0 Å². The van der Waals surface area contributed by atoms with Crippen molar-refractivity contribution in [3.05, 3.63) is 47.5 Å². The number of carbonyl (C=O) groups excluding carboxylic acids is 4. The van der Waals surface area contributed by atoms with Crippen molar-refractivity contribution < 1.29 is 38.1 Å². The maximum Gasteiger partial charge on any atom is 0.408 e. The normalized spacial score (nSPS) is 19.5. The van der Waals surface area contributed by atoms with Crippen molar-refractivity contribution in [2.45, 2.75) is 57.8 Å². The molecule has 0 aliphatic carbocycles. The fourth-order valence-corrected chi connectivity index (χ4v) is 4.16. The maximum absolute atomic E-state index is 13.5. The Balaban J connectivity index is 2.22. The Labute approximate surface area is 227 Å². The highest BCUT2D eigenvalue weighted by molar-refractivity contribution is 5.94. The fourth-order valence-electron chi connectivity index (χ4n) is 4.16. The van der Waals surface area contributed by atoms with Gasteiger partial charge >= 0.3 is 12.1 Å². The Morgan fingerprint density at radius 3 is 2.10 bits per heavy atom. The van der Waals surface area contributed by atoms with Gasteiger partial charge < -0.3 is 34.9 Å². The zero-order valence-electron chi connectivity index (χ0n) is 23.2. The zero-order chi connectivity index (χ0) is 28.9. The molecule has 2 aromatic carbocycles. The summed E-state index contributed by atoms with van der Waals surface area (Å²) in [7, 11) is 4.26. The van der Waals surface area contributed by atoms with Crippen LogP contribution in [0, 0.1) is 0 Å². The second-order valence-corrected chi connectivity index (χ2v) is 10.1. The van der Waals surface area contributed by atoms with Crippen molar-refractivity contribution in [1.82, 2.24) is 16.0 Å². The number of nitrogens with one attached hydrogen (secondary N) is 3. The van der Waals surface area contributed by atoms with Gasteiger partial charge in [0, 0.05) is 17.5 Å². The van der Waals surface area contributed by atoms with Crippen LogP contribution in [0.3, 0.4) is 0 Å². The summed E-state index contributed by atoms with van der Waals surface area (Å²) in [6.45, 7) is 6.59. The number of rotatable bonds is 4. The van der Waals surface area contributed by atoms with Gasteiger partial charge in [-0.2, -0.15) is 0 Å². The molecule has 210 valence electrons. The molecular weight excluding hydrogens is 506 g/mol. The monoisotopic (exact) mass is 541 g/mol. The highest BCUT2D eigenvalue weighted by Gasteiger charge is 2.31. The van der Waals surface area contributed by atoms with Crippen LogP contribution in [0.4, 0.5) is 4.79 Å². The predicted octanol–water partition coefficient (Wildman–Crippen LogP) is 2.66. The molecule has 0 unspecified atom stereocenters. The minimum absolute atomic E-state index is 0.126. The predicted molar refractivity (Wildman–Crippen MR) is 142 cm³/mol. The fraction of sp³-hybridized carbons (Fsp3) is 0.429. The van der Waals surface area contributed by atoms with Gasteiger partial charge in [0.25, 0.3) is 0 Å². The standard InChI is InChI=1S/C28H35N3O8/c1-15-24(32)30-20(26(34)38-7)13-16-8-10-21(36-5)18(12-16)19-14-17(9-11-22(19)37-6)23(25(33)29-15)31-27(35)39-28(2,3)4/h8-12,14-15,20,23H,13H2,1-7H3,(H,29,33)(H,30,32)(H,31,35)/t15-,20-,23-/m0/s1. The highest BCUT2D eigenvalue weighted by atomic mass is 16.6. The summed E-state index contributed by atoms with van der Waals surface area (Å²) in [4.78, 5) is 51.7. The summed E-state index contributed by atoms with van der Waals surface area (Å²) < 4.78 is 21.5. The number of fused-ring (bicyclic) bond motifs is 5. The molecule has 1 heterocycles. The lowest BCUT2D eigenvalue weighted by Gasteiger charge is -2.26. The lowest BCUT2D eigenvalue weighted by Crippen LogP contribution is -2.53. The molecule has 0 radical (unpaired) electrons. The van der Waals surface area contributed by atoms with Crippen molar-refractivity contribution in [2.75, 3.05) is 21.3 Å². The number of methoxy groups -OCH3 is 3. The van der Waals surface area contributed by atoms with Crippen LogP contribution in [0.5, 0.6) is 11.5 Å². The van der Waals surface area contributed by atoms with Gasteiger partial charge in [0.05, 0.1) is 21.3 Å². The van der Waals surface area contributed by atoms with Gasteiger partial charge in [-0.15, -0.1) is 0 Å². The average molecular weight is 542 g/mol. The van der Waals surface area contributed by atoms with Crippen LogP contribution in [0.15, 0.2) is 36.4 Å². The number of carbonyl (C=O) groups is 4. The maximum atomic E-state index is 13.5. The second kappa shape index (κ2) is 12.1. The molecule has 11 nitrogen and oxygen atoms in total. The van der Waals surface area contributed by atoms with Crippen LogP contribution in [-0.4, -0.2) is 62.9 Å². The number of alkyl carbamates (subject to hydrolysis) is 1. The Bertz CT molecular complexity index is 1250. The SMILES string of the molecule is COC(=O)[C@@H]1Cc2ccc(OC)c(c2)-c2cc(ccc2OC)[C@H](NC(=O)OC(C)(C)C)C(=O)N[C@@H](C)C(=O)N1. The largest absolute Gasteiger partial charge is 0.496 e. The van der Waals surface area contributed by atoms with Crippen LogP contribution in [0.1, 0.15) is 44.9 Å². The van der Waals surface area contributed by atoms with Crippen LogP contribution in [0.2, 0.25) is 0 Å². The van der Waals surface area contributed by atoms with Crippen LogP contribution in [-0.2, 0) is 30.3 Å². The number of ether oxygens (including phenoxy) is 4. The van der Waals surface area contributed by atoms with E-state index in [-0.39, 0.29) is 6.42 Å². The first-order chi connectivity index (χ1) is 18.4. The van der Waals surface area contributed by atoms with E-state index in [1.165, 1.54) is 28.3 Å². The number of esters is 1. The van der Waals surface area contributed by atoms with Gasteiger partial charge in [0.15, 0.2) is 0 Å². The Kier molecular flexibility index (Phi) is 9.05. The summed E-state index contributed by atoms with van der Waals surface area (Å²) in [5, 5.41) is 7.87. The first kappa shape index (κ1) is 29.3. The summed E-state index contributed by atoms with van der Waals surface area (Å²) >= 11 is 0. The summed E-state index contributed by atoms with van der Waals surface area (Å²) in [6, 6.07) is 7.07. The minimum Gasteiger partial charge on any atom is -0.496 e. The molecule has 3 rings (SSSR count). The van der Waals surface area contributed by atoms with E-state index in [0.717, 1.165) is 0 Å². The first-order valence-electron chi connectivity index (χ1n) is 12.4. The molecule has 39 heavy (non-hydrogen) atoms. The average Bonchev–Trinajstić information content (AvgIpc) is 2.88. The summed E-state index contributed by atoms with van der Waals surface area (Å²) in [6.07, 6.45) is -0.690. The zero-order valence-corrected chi connectivity index (χ0v) is 23.2. The van der Waals surface area contributed by atoms with Crippen molar-refractivity contribution in [3.8, 4) is 22.6 Å². The van der Waals surface area contributed by atoms with Crippen molar-refractivity contribution >= 4 is 23.9 Å². The molecule has 1 aliphatic heterocycles. The van der Waals surface area contributed by atoms with Crippen LogP contribution < -0.4 is 25.4 Å². The van der Waals surface area contributed by atoms with E-state index in [1.807, 2.05) is 6.07 Å². The third kappa shape index (κ3) is 7.18. The van der Waals surface area contributed by atoms with Gasteiger partial charge in [-0.3, -0.25) is 9.59 Å². The Hall–Kier alpha value is -4.28. The highest BCUT2D eigenvalue weighted by Crippen LogP contribution is 2.39. The van der Waals surface area contributed by atoms with Crippen LogP contribution in [0.25, 0.3) is 11.1 Å². The number of benzene rings is 2. The minimum atomic E-state index is -1.23. The molecule has 0 saturated heterocycles. The number of amides is 3. The summed E-state index contributed by atoms with van der Waals surface area (Å²) in [5.41, 5.74) is 1.52. The third-order valence-electron chi connectivity index (χ3n) is 6.03. The molecule has 4 bridgehead atoms. The van der Waals surface area contributed by atoms with E-state index < -0.39 is 47.6 Å². The van der Waals surface area contributed by atoms with E-state index in [1.54, 1.807) is 51.1 Å². The molecule has 3 N–H and O–H groups in total. The van der Waals surface area contributed by atoms with Crippen molar-refractivity contribution in [3.63, 3.8) is 0 Å². The number of hydrogen-bond donors (Lipinski definition) is 3. The molecule has 11 heteroatoms. The smallest absolute Gasteiger partial charge is 0.408 e. The lowest BCUT2D eigenvalue weighted by molar-refractivity contribution is -0.145. The molecular formula is C28H35N3O8. The molecule has 1 aliphatic rings. The molecule has 0 fully saturated rings. The molecule has 0 aromatic heterocycles. The van der Waals surface area contributed by atoms with Gasteiger partial charge in [0.1, 0.15) is 35.2 Å². The third-order valence-corrected chi connectivity index (χ3v) is 6.03. The van der Waals surface area contributed by atoms with E-state index in [0.29, 0.717) is 33.8 Å². The van der Waals surface area contributed by atoms with E-state index in [4.69, 9.17) is 18.9 Å². The van der Waals surface area contributed by atoms with E-state index in [2.05, 4.69) is 16.0 Å². The Morgan fingerprint density at radius 2 is 1.51 bits per heavy atom. The Morgan fingerprint density at radius 1 is 0.897 bits per heavy atom. The topological polar surface area (TPSA) is 141 Å². The molecule has 0 spiro atoms. The quantitative estimate of drug-likeness (QED) is 0.502. The van der Waals surface area contributed by atoms with Gasteiger partial charge in [-0.25, -0.2) is 9.59 Å². The van der Waals surface area contributed by atoms with Gasteiger partial charge in [0.2, 0.25) is 11.8 Å². The molecule has 3 atom stereocenters. The molecule has 0 saturated carbocycles. The summed E-state index contributed by atoms with van der Waals surface area (Å²) in [5.74, 6) is -0.906. The lowest BCUT2D eigenvalue weighted by atomic mass is 9.94. The first-order valence-corrected chi connectivity index (χ1v) is 12.4.